The molecule has 15 rings (SSSR count). The van der Waals surface area contributed by atoms with Crippen LogP contribution in [0.4, 0.5) is 17.1 Å². The standard InChI is InChI=1S/C67H43N3/c1-3-19-45(20-4-1)69-61-34-15-10-25-52(61)54-42-41-48(43-64(54)69)68(47-39-37-44(38-40-47)49-28-17-29-55-53-26-11-16-35-62(53)70(66(49)55)46-21-5-2-6-22-46)63-36-18-33-60-65(63)56-27-9-14-32-59(56)67(60)57-30-12-7-23-50(57)51-24-8-13-31-58(51)67/h1-43H. The van der Waals surface area contributed by atoms with Gasteiger partial charge in [0.25, 0.3) is 0 Å². The Balaban J connectivity index is 0.990. The fraction of sp³-hybridized carbons (Fsp3) is 0.0149. The van der Waals surface area contributed by atoms with Crippen LogP contribution in [0.1, 0.15) is 22.3 Å². The molecule has 0 radical (unpaired) electrons. The molecule has 2 aliphatic rings. The number of para-hydroxylation sites is 5. The second-order valence-corrected chi connectivity index (χ2v) is 18.7. The summed E-state index contributed by atoms with van der Waals surface area (Å²) < 4.78 is 4.86. The highest BCUT2D eigenvalue weighted by Crippen LogP contribution is 2.64. The molecule has 0 aliphatic heterocycles. The van der Waals surface area contributed by atoms with Crippen molar-refractivity contribution in [2.45, 2.75) is 5.41 Å². The molecular formula is C67H43N3. The lowest BCUT2D eigenvalue weighted by Crippen LogP contribution is -2.26. The molecule has 3 heteroatoms. The minimum absolute atomic E-state index is 0.468. The molecule has 0 fully saturated rings. The van der Waals surface area contributed by atoms with E-state index >= 15 is 0 Å². The predicted molar refractivity (Wildman–Crippen MR) is 292 cm³/mol. The van der Waals surface area contributed by atoms with Crippen molar-refractivity contribution in [3.63, 3.8) is 0 Å². The molecule has 2 aromatic heterocycles. The quantitative estimate of drug-likeness (QED) is 0.162. The van der Waals surface area contributed by atoms with Crippen molar-refractivity contribution >= 4 is 60.7 Å². The second-order valence-electron chi connectivity index (χ2n) is 18.7. The molecule has 11 aromatic carbocycles. The van der Waals surface area contributed by atoms with Gasteiger partial charge in [0, 0.05) is 55.4 Å². The zero-order chi connectivity index (χ0) is 45.9. The first-order valence-electron chi connectivity index (χ1n) is 24.3. The van der Waals surface area contributed by atoms with Crippen LogP contribution in [0.25, 0.3) is 88.4 Å². The van der Waals surface area contributed by atoms with Crippen molar-refractivity contribution in [3.8, 4) is 44.8 Å². The Hall–Kier alpha value is -9.18. The van der Waals surface area contributed by atoms with Gasteiger partial charge in [-0.05, 0) is 111 Å². The Morgan fingerprint density at radius 1 is 0.300 bits per heavy atom. The molecule has 0 unspecified atom stereocenters. The summed E-state index contributed by atoms with van der Waals surface area (Å²) in [6, 6.07) is 96.6. The van der Waals surface area contributed by atoms with Gasteiger partial charge < -0.3 is 14.0 Å². The summed E-state index contributed by atoms with van der Waals surface area (Å²) in [6.07, 6.45) is 0. The van der Waals surface area contributed by atoms with E-state index in [-0.39, 0.29) is 0 Å². The highest BCUT2D eigenvalue weighted by atomic mass is 15.1. The van der Waals surface area contributed by atoms with Gasteiger partial charge in [-0.25, -0.2) is 0 Å². The zero-order valence-electron chi connectivity index (χ0n) is 38.2. The molecule has 3 nitrogen and oxygen atoms in total. The molecule has 0 saturated heterocycles. The van der Waals surface area contributed by atoms with Crippen molar-refractivity contribution in [1.82, 2.24) is 9.13 Å². The van der Waals surface area contributed by atoms with E-state index in [1.165, 1.54) is 88.2 Å². The number of aromatic nitrogens is 2. The number of nitrogens with zero attached hydrogens (tertiary/aromatic N) is 3. The third-order valence-corrected chi connectivity index (χ3v) is 15.3. The van der Waals surface area contributed by atoms with E-state index in [4.69, 9.17) is 0 Å². The molecule has 0 N–H and O–H groups in total. The molecule has 0 bridgehead atoms. The van der Waals surface area contributed by atoms with E-state index in [1.54, 1.807) is 0 Å². The molecule has 2 aliphatic carbocycles. The number of rotatable bonds is 6. The fourth-order valence-electron chi connectivity index (χ4n) is 12.6. The lowest BCUT2D eigenvalue weighted by atomic mass is 9.70. The first-order chi connectivity index (χ1) is 34.8. The van der Waals surface area contributed by atoms with E-state index < -0.39 is 5.41 Å². The first-order valence-corrected chi connectivity index (χ1v) is 24.3. The lowest BCUT2D eigenvalue weighted by Gasteiger charge is -2.32. The molecule has 326 valence electrons. The van der Waals surface area contributed by atoms with Crippen LogP contribution in [0.15, 0.2) is 261 Å². The molecule has 0 amide bonds. The third kappa shape index (κ3) is 5.29. The maximum Gasteiger partial charge on any atom is 0.0726 e. The van der Waals surface area contributed by atoms with Crippen LogP contribution in [-0.4, -0.2) is 9.13 Å². The van der Waals surface area contributed by atoms with Gasteiger partial charge >= 0.3 is 0 Å². The van der Waals surface area contributed by atoms with Crippen molar-refractivity contribution in [3.05, 3.63) is 283 Å². The average Bonchev–Trinajstić information content (AvgIpc) is 4.14. The molecule has 70 heavy (non-hydrogen) atoms. The van der Waals surface area contributed by atoms with E-state index in [9.17, 15) is 0 Å². The van der Waals surface area contributed by atoms with E-state index in [0.717, 1.165) is 39.5 Å². The highest BCUT2D eigenvalue weighted by Gasteiger charge is 2.52. The Morgan fingerprint density at radius 3 is 1.46 bits per heavy atom. The van der Waals surface area contributed by atoms with Crippen LogP contribution in [-0.2, 0) is 5.41 Å². The van der Waals surface area contributed by atoms with Gasteiger partial charge in [0.15, 0.2) is 0 Å². The van der Waals surface area contributed by atoms with Crippen molar-refractivity contribution in [1.29, 1.82) is 0 Å². The predicted octanol–water partition coefficient (Wildman–Crippen LogP) is 17.4. The van der Waals surface area contributed by atoms with Gasteiger partial charge in [0.2, 0.25) is 0 Å². The van der Waals surface area contributed by atoms with E-state index in [0.29, 0.717) is 0 Å². The molecule has 13 aromatic rings. The van der Waals surface area contributed by atoms with Crippen molar-refractivity contribution in [2.75, 3.05) is 4.90 Å². The minimum Gasteiger partial charge on any atom is -0.310 e. The average molecular weight is 890 g/mol. The SMILES string of the molecule is c1ccc(-n2c3ccccc3c3ccc(N(c4ccc(-c5cccc6c7ccccc7n(-c7ccccc7)c56)cc4)c4cccc5c4-c4ccccc4C54c5ccccc5-c5ccccc54)cc32)cc1. The monoisotopic (exact) mass is 889 g/mol. The van der Waals surface area contributed by atoms with Gasteiger partial charge in [0.05, 0.1) is 33.2 Å². The molecular weight excluding hydrogens is 847 g/mol. The van der Waals surface area contributed by atoms with Gasteiger partial charge in [-0.2, -0.15) is 0 Å². The van der Waals surface area contributed by atoms with Crippen LogP contribution < -0.4 is 4.90 Å². The lowest BCUT2D eigenvalue weighted by molar-refractivity contribution is 0.794. The molecule has 0 saturated carbocycles. The van der Waals surface area contributed by atoms with Crippen LogP contribution in [0.2, 0.25) is 0 Å². The number of benzene rings is 11. The van der Waals surface area contributed by atoms with E-state index in [2.05, 4.69) is 275 Å². The molecule has 2 heterocycles. The summed E-state index contributed by atoms with van der Waals surface area (Å²) in [6.45, 7) is 0. The first kappa shape index (κ1) is 38.9. The van der Waals surface area contributed by atoms with Crippen LogP contribution in [0.5, 0.6) is 0 Å². The van der Waals surface area contributed by atoms with Gasteiger partial charge in [-0.1, -0.05) is 194 Å². The zero-order valence-corrected chi connectivity index (χ0v) is 38.2. The number of hydrogen-bond acceptors (Lipinski definition) is 1. The summed E-state index contributed by atoms with van der Waals surface area (Å²) in [4.78, 5) is 2.51. The van der Waals surface area contributed by atoms with Gasteiger partial charge in [-0.3, -0.25) is 0 Å². The maximum absolute atomic E-state index is 2.51. The summed E-state index contributed by atoms with van der Waals surface area (Å²) >= 11 is 0. The summed E-state index contributed by atoms with van der Waals surface area (Å²) in [5.41, 5.74) is 22.7. The van der Waals surface area contributed by atoms with Crippen molar-refractivity contribution < 1.29 is 0 Å². The Labute approximate surface area is 406 Å². The van der Waals surface area contributed by atoms with Gasteiger partial charge in [-0.15, -0.1) is 0 Å². The van der Waals surface area contributed by atoms with Crippen LogP contribution >= 0.6 is 0 Å². The Morgan fingerprint density at radius 2 is 0.771 bits per heavy atom. The van der Waals surface area contributed by atoms with E-state index in [1.807, 2.05) is 0 Å². The fourth-order valence-corrected chi connectivity index (χ4v) is 12.6. The largest absolute Gasteiger partial charge is 0.310 e. The topological polar surface area (TPSA) is 13.1 Å². The summed E-state index contributed by atoms with van der Waals surface area (Å²) in [5, 5.41) is 4.95. The minimum atomic E-state index is -0.468. The summed E-state index contributed by atoms with van der Waals surface area (Å²) in [5.74, 6) is 0. The number of anilines is 3. The number of hydrogen-bond donors (Lipinski definition) is 0. The molecule has 0 atom stereocenters. The van der Waals surface area contributed by atoms with Crippen LogP contribution in [0, 0.1) is 0 Å². The highest BCUT2D eigenvalue weighted by molar-refractivity contribution is 6.14. The normalized spacial score (nSPS) is 13.0. The second kappa shape index (κ2) is 14.9. The third-order valence-electron chi connectivity index (χ3n) is 15.3. The van der Waals surface area contributed by atoms with Crippen LogP contribution in [0.3, 0.4) is 0 Å². The number of fused-ring (bicyclic) bond motifs is 16. The molecule has 1 spiro atoms. The maximum atomic E-state index is 2.51. The Kier molecular flexibility index (Phi) is 8.28. The van der Waals surface area contributed by atoms with Gasteiger partial charge in [0.1, 0.15) is 0 Å². The van der Waals surface area contributed by atoms with Crippen molar-refractivity contribution in [2.24, 2.45) is 0 Å². The summed E-state index contributed by atoms with van der Waals surface area (Å²) in [7, 11) is 0. The Bertz CT molecular complexity index is 4190. The smallest absolute Gasteiger partial charge is 0.0726 e.